The number of carbonyl (C=O) groups is 1. The molecule has 0 aliphatic heterocycles. The Morgan fingerprint density at radius 3 is 2.00 bits per heavy atom. The summed E-state index contributed by atoms with van der Waals surface area (Å²) in [6.07, 6.45) is 0.858. The Morgan fingerprint density at radius 2 is 1.92 bits per heavy atom. The van der Waals surface area contributed by atoms with E-state index in [1.807, 2.05) is 7.05 Å². The average Bonchev–Trinajstić information content (AvgIpc) is 2.02. The van der Waals surface area contributed by atoms with E-state index < -0.39 is 5.97 Å². The summed E-state index contributed by atoms with van der Waals surface area (Å²) in [7, 11) is 1.87. The summed E-state index contributed by atoms with van der Waals surface area (Å²) in [5.74, 6) is -0.935. The topological polar surface area (TPSA) is 69.6 Å². The highest BCUT2D eigenvalue weighted by Crippen LogP contribution is 1.81. The van der Waals surface area contributed by atoms with Crippen molar-refractivity contribution in [1.82, 2.24) is 5.32 Å². The predicted molar refractivity (Wildman–Crippen MR) is 55.3 cm³/mol. The van der Waals surface area contributed by atoms with Crippen molar-refractivity contribution in [3.63, 3.8) is 0 Å². The molecule has 0 radical (unpaired) electrons. The monoisotopic (exact) mass is 211 g/mol. The van der Waals surface area contributed by atoms with E-state index >= 15 is 0 Å². The molecule has 0 aliphatic rings. The van der Waals surface area contributed by atoms with Crippen LogP contribution >= 0.6 is 12.4 Å². The van der Waals surface area contributed by atoms with Crippen molar-refractivity contribution in [2.24, 2.45) is 0 Å². The number of hydrogen-bond donors (Lipinski definition) is 3. The van der Waals surface area contributed by atoms with Crippen LogP contribution in [-0.2, 0) is 4.79 Å². The molecule has 0 bridgehead atoms. The second-order valence-electron chi connectivity index (χ2n) is 2.27. The Balaban J connectivity index is -0.000000143. The van der Waals surface area contributed by atoms with Gasteiger partial charge in [-0.2, -0.15) is 0 Å². The summed E-state index contributed by atoms with van der Waals surface area (Å²) in [4.78, 5) is 9.60. The molecule has 0 amide bonds. The summed E-state index contributed by atoms with van der Waals surface area (Å²) in [6.45, 7) is 5.81. The van der Waals surface area contributed by atoms with Crippen LogP contribution < -0.4 is 5.32 Å². The number of halogens is 1. The molecule has 3 N–H and O–H groups in total. The SMILES string of the molecule is C=C(C)C(=O)O.CNCCCO.Cl. The van der Waals surface area contributed by atoms with Crippen LogP contribution in [0, 0.1) is 0 Å². The molecule has 4 nitrogen and oxygen atoms in total. The highest BCUT2D eigenvalue weighted by molar-refractivity contribution is 5.85. The Morgan fingerprint density at radius 1 is 1.54 bits per heavy atom. The number of rotatable bonds is 4. The van der Waals surface area contributed by atoms with Crippen molar-refractivity contribution in [3.8, 4) is 0 Å². The lowest BCUT2D eigenvalue weighted by atomic mass is 10.4. The van der Waals surface area contributed by atoms with Gasteiger partial charge in [-0.05, 0) is 26.9 Å². The van der Waals surface area contributed by atoms with Gasteiger partial charge < -0.3 is 15.5 Å². The minimum absolute atomic E-state index is 0. The normalized spacial score (nSPS) is 7.62. The Bertz CT molecular complexity index is 123. The maximum Gasteiger partial charge on any atom is 0.330 e. The zero-order valence-corrected chi connectivity index (χ0v) is 8.86. The lowest BCUT2D eigenvalue weighted by Crippen LogP contribution is -2.08. The first-order valence-corrected chi connectivity index (χ1v) is 3.70. The smallest absolute Gasteiger partial charge is 0.330 e. The van der Waals surface area contributed by atoms with Crippen LogP contribution in [0.3, 0.4) is 0 Å². The van der Waals surface area contributed by atoms with Crippen LogP contribution in [-0.4, -0.2) is 36.4 Å². The minimum atomic E-state index is -0.935. The molecule has 5 heteroatoms. The van der Waals surface area contributed by atoms with Crippen LogP contribution in [0.15, 0.2) is 12.2 Å². The fourth-order valence-corrected chi connectivity index (χ4v) is 0.256. The molecule has 0 atom stereocenters. The molecule has 0 saturated heterocycles. The molecule has 0 fully saturated rings. The first-order chi connectivity index (χ1) is 5.56. The van der Waals surface area contributed by atoms with Gasteiger partial charge >= 0.3 is 5.97 Å². The average molecular weight is 212 g/mol. The molecular formula is C8H18ClNO3. The third-order valence-corrected chi connectivity index (χ3v) is 0.950. The van der Waals surface area contributed by atoms with Crippen molar-refractivity contribution < 1.29 is 15.0 Å². The van der Waals surface area contributed by atoms with E-state index in [1.165, 1.54) is 6.92 Å². The van der Waals surface area contributed by atoms with Crippen LogP contribution in [0.25, 0.3) is 0 Å². The van der Waals surface area contributed by atoms with Gasteiger partial charge in [0.05, 0.1) is 0 Å². The molecule has 0 spiro atoms. The summed E-state index contributed by atoms with van der Waals surface area (Å²) in [5.41, 5.74) is 0.176. The number of carboxylic acid groups (broad SMARTS) is 1. The zero-order chi connectivity index (χ0) is 9.98. The van der Waals surface area contributed by atoms with E-state index in [0.29, 0.717) is 6.61 Å². The maximum absolute atomic E-state index is 9.60. The van der Waals surface area contributed by atoms with Gasteiger partial charge in [0, 0.05) is 12.2 Å². The lowest BCUT2D eigenvalue weighted by Gasteiger charge is -1.89. The number of aliphatic hydroxyl groups is 1. The van der Waals surface area contributed by atoms with Crippen LogP contribution in [0.2, 0.25) is 0 Å². The van der Waals surface area contributed by atoms with E-state index in [0.717, 1.165) is 13.0 Å². The lowest BCUT2D eigenvalue weighted by molar-refractivity contribution is -0.132. The quantitative estimate of drug-likeness (QED) is 0.472. The molecule has 0 rings (SSSR count). The fraction of sp³-hybridized carbons (Fsp3) is 0.625. The third kappa shape index (κ3) is 24.6. The molecular weight excluding hydrogens is 194 g/mol. The second-order valence-corrected chi connectivity index (χ2v) is 2.27. The van der Waals surface area contributed by atoms with Crippen molar-refractivity contribution >= 4 is 18.4 Å². The van der Waals surface area contributed by atoms with Crippen molar-refractivity contribution in [2.45, 2.75) is 13.3 Å². The van der Waals surface area contributed by atoms with Gasteiger partial charge in [-0.15, -0.1) is 12.4 Å². The molecule has 80 valence electrons. The predicted octanol–water partition coefficient (Wildman–Crippen LogP) is 0.657. The third-order valence-electron chi connectivity index (χ3n) is 0.950. The van der Waals surface area contributed by atoms with Crippen LogP contribution in [0.1, 0.15) is 13.3 Å². The van der Waals surface area contributed by atoms with Gasteiger partial charge in [-0.3, -0.25) is 0 Å². The van der Waals surface area contributed by atoms with Gasteiger partial charge in [0.1, 0.15) is 0 Å². The fourth-order valence-electron chi connectivity index (χ4n) is 0.256. The molecule has 0 heterocycles. The molecule has 0 aromatic heterocycles. The number of aliphatic hydroxyl groups excluding tert-OH is 1. The highest BCUT2D eigenvalue weighted by Gasteiger charge is 1.90. The van der Waals surface area contributed by atoms with Crippen molar-refractivity contribution in [1.29, 1.82) is 0 Å². The largest absolute Gasteiger partial charge is 0.478 e. The van der Waals surface area contributed by atoms with Gasteiger partial charge in [-0.25, -0.2) is 4.79 Å². The molecule has 0 unspecified atom stereocenters. The molecule has 0 aromatic rings. The summed E-state index contributed by atoms with van der Waals surface area (Å²) >= 11 is 0. The minimum Gasteiger partial charge on any atom is -0.478 e. The van der Waals surface area contributed by atoms with Gasteiger partial charge in [0.25, 0.3) is 0 Å². The Hall–Kier alpha value is -0.580. The van der Waals surface area contributed by atoms with Crippen LogP contribution in [0.5, 0.6) is 0 Å². The summed E-state index contributed by atoms with van der Waals surface area (Å²) in [6, 6.07) is 0. The van der Waals surface area contributed by atoms with E-state index in [2.05, 4.69) is 11.9 Å². The molecule has 0 aromatic carbocycles. The maximum atomic E-state index is 9.60. The van der Waals surface area contributed by atoms with Crippen molar-refractivity contribution in [2.75, 3.05) is 20.2 Å². The summed E-state index contributed by atoms with van der Waals surface area (Å²) in [5, 5.41) is 19.0. The number of hydrogen-bond acceptors (Lipinski definition) is 3. The molecule has 0 saturated carbocycles. The van der Waals surface area contributed by atoms with Crippen molar-refractivity contribution in [3.05, 3.63) is 12.2 Å². The van der Waals surface area contributed by atoms with E-state index in [9.17, 15) is 4.79 Å². The zero-order valence-electron chi connectivity index (χ0n) is 8.04. The van der Waals surface area contributed by atoms with Gasteiger partial charge in [0.15, 0.2) is 0 Å². The van der Waals surface area contributed by atoms with Crippen LogP contribution in [0.4, 0.5) is 0 Å². The molecule has 0 aliphatic carbocycles. The second kappa shape index (κ2) is 14.0. The van der Waals surface area contributed by atoms with Gasteiger partial charge in [-0.1, -0.05) is 6.58 Å². The standard InChI is InChI=1S/C4H11NO.C4H6O2.ClH/c1-5-3-2-4-6;1-3(2)4(5)6;/h5-6H,2-4H2,1H3;1H2,2H3,(H,5,6);1H. The first kappa shape index (κ1) is 18.3. The Labute approximate surface area is 85.1 Å². The van der Waals surface area contributed by atoms with Gasteiger partial charge in [0.2, 0.25) is 0 Å². The number of carboxylic acids is 1. The van der Waals surface area contributed by atoms with E-state index in [1.54, 1.807) is 0 Å². The van der Waals surface area contributed by atoms with E-state index in [-0.39, 0.29) is 18.0 Å². The summed E-state index contributed by atoms with van der Waals surface area (Å²) < 4.78 is 0. The first-order valence-electron chi connectivity index (χ1n) is 3.70. The van der Waals surface area contributed by atoms with E-state index in [4.69, 9.17) is 10.2 Å². The molecule has 13 heavy (non-hydrogen) atoms. The highest BCUT2D eigenvalue weighted by atomic mass is 35.5. The number of nitrogens with one attached hydrogen (secondary N) is 1. The Kier molecular flexibility index (Phi) is 19.6. The number of aliphatic carboxylic acids is 1.